The Bertz CT molecular complexity index is 1080. The third kappa shape index (κ3) is 5.12. The fraction of sp³-hybridized carbons (Fsp3) is 0.125. The Morgan fingerprint density at radius 1 is 1.18 bits per heavy atom. The number of benzene rings is 1. The maximum atomic E-state index is 12.4. The molecule has 0 spiro atoms. The Balaban J connectivity index is 0.000000391. The number of nitrogens with one attached hydrogen (secondary N) is 2. The van der Waals surface area contributed by atoms with Gasteiger partial charge >= 0.3 is 10.2 Å². The van der Waals surface area contributed by atoms with Crippen LogP contribution in [-0.4, -0.2) is 30.9 Å². The lowest BCUT2D eigenvalue weighted by molar-refractivity contribution is 0.101. The zero-order chi connectivity index (χ0) is 20.3. The molecule has 0 unspecified atom stereocenters. The summed E-state index contributed by atoms with van der Waals surface area (Å²) in [6.07, 6.45) is 1.51. The first kappa shape index (κ1) is 20.4. The number of methoxy groups -OCH3 is 1. The van der Waals surface area contributed by atoms with Crippen molar-refractivity contribution in [1.82, 2.24) is 19.2 Å². The molecule has 1 fully saturated rings. The van der Waals surface area contributed by atoms with Crippen molar-refractivity contribution in [2.75, 3.05) is 7.11 Å². The smallest absolute Gasteiger partial charge is 0.304 e. The third-order valence-corrected chi connectivity index (χ3v) is 4.87. The van der Waals surface area contributed by atoms with E-state index in [2.05, 4.69) is 4.98 Å². The molecule has 148 valence electrons. The van der Waals surface area contributed by atoms with Gasteiger partial charge in [-0.1, -0.05) is 23.2 Å². The number of carbonyl (C=O) groups excluding carboxylic acids is 1. The Morgan fingerprint density at radius 3 is 2.32 bits per heavy atom. The number of ketones is 1. The Labute approximate surface area is 170 Å². The van der Waals surface area contributed by atoms with Gasteiger partial charge in [0.25, 0.3) is 0 Å². The van der Waals surface area contributed by atoms with Crippen LogP contribution in [0.5, 0.6) is 5.75 Å². The molecule has 0 aliphatic carbocycles. The van der Waals surface area contributed by atoms with E-state index in [9.17, 15) is 13.2 Å². The van der Waals surface area contributed by atoms with Crippen molar-refractivity contribution in [1.29, 1.82) is 0 Å². The maximum absolute atomic E-state index is 12.4. The molecule has 1 aromatic carbocycles. The number of halogens is 2. The minimum atomic E-state index is -2.92. The van der Waals surface area contributed by atoms with Crippen LogP contribution < -0.4 is 14.4 Å². The number of carbonyl (C=O) groups is 1. The van der Waals surface area contributed by atoms with Crippen molar-refractivity contribution < 1.29 is 22.4 Å². The summed E-state index contributed by atoms with van der Waals surface area (Å²) >= 11 is 11.8. The predicted octanol–water partition coefficient (Wildman–Crippen LogP) is 2.41. The number of furan rings is 1. The number of hydrazine groups is 1. The van der Waals surface area contributed by atoms with Crippen LogP contribution in [0.4, 0.5) is 0 Å². The predicted molar refractivity (Wildman–Crippen MR) is 102 cm³/mol. The van der Waals surface area contributed by atoms with Crippen molar-refractivity contribution in [2.45, 2.75) is 6.54 Å². The molecule has 0 radical (unpaired) electrons. The highest BCUT2D eigenvalue weighted by Crippen LogP contribution is 2.22. The Morgan fingerprint density at radius 2 is 1.82 bits per heavy atom. The highest BCUT2D eigenvalue weighted by Gasteiger charge is 2.22. The van der Waals surface area contributed by atoms with E-state index in [0.29, 0.717) is 28.8 Å². The number of hydrogen-bond donors (Lipinski definition) is 2. The number of hydrogen-bond acceptors (Lipinski definition) is 6. The van der Waals surface area contributed by atoms with E-state index in [0.717, 1.165) is 0 Å². The first-order chi connectivity index (χ1) is 13.3. The number of imidazole rings is 1. The van der Waals surface area contributed by atoms with Gasteiger partial charge in [0.2, 0.25) is 5.78 Å². The second-order valence-corrected chi connectivity index (χ2v) is 7.62. The van der Waals surface area contributed by atoms with Crippen LogP contribution in [0.3, 0.4) is 0 Å². The Kier molecular flexibility index (Phi) is 6.06. The monoisotopic (exact) mass is 444 g/mol. The summed E-state index contributed by atoms with van der Waals surface area (Å²) in [4.78, 5) is 20.1. The van der Waals surface area contributed by atoms with Gasteiger partial charge in [0.1, 0.15) is 16.7 Å². The molecule has 28 heavy (non-hydrogen) atoms. The highest BCUT2D eigenvalue weighted by molar-refractivity contribution is 7.93. The van der Waals surface area contributed by atoms with Crippen LogP contribution in [0.15, 0.2) is 47.1 Å². The molecule has 0 amide bonds. The molecule has 0 bridgehead atoms. The summed E-state index contributed by atoms with van der Waals surface area (Å²) in [5.41, 5.74) is 0.524. The van der Waals surface area contributed by atoms with Crippen molar-refractivity contribution in [3.05, 3.63) is 70.1 Å². The lowest BCUT2D eigenvalue weighted by Crippen LogP contribution is -2.00. The van der Waals surface area contributed by atoms with E-state index in [1.54, 1.807) is 48.1 Å². The van der Waals surface area contributed by atoms with E-state index in [-0.39, 0.29) is 16.7 Å². The van der Waals surface area contributed by atoms with Crippen molar-refractivity contribution >= 4 is 39.2 Å². The van der Waals surface area contributed by atoms with Crippen LogP contribution in [0.1, 0.15) is 21.9 Å². The highest BCUT2D eigenvalue weighted by atomic mass is 35.5. The molecule has 0 atom stereocenters. The zero-order valence-electron chi connectivity index (χ0n) is 14.3. The van der Waals surface area contributed by atoms with E-state index >= 15 is 0 Å². The summed E-state index contributed by atoms with van der Waals surface area (Å²) in [5, 5.41) is 0.554. The van der Waals surface area contributed by atoms with Crippen molar-refractivity contribution in [2.24, 2.45) is 0 Å². The normalized spacial score (nSPS) is 14.1. The van der Waals surface area contributed by atoms with Crippen LogP contribution in [0.2, 0.25) is 10.3 Å². The maximum Gasteiger partial charge on any atom is 0.304 e. The molecule has 3 aromatic rings. The molecule has 1 aliphatic heterocycles. The molecule has 1 saturated heterocycles. The fourth-order valence-corrected chi connectivity index (χ4v) is 2.70. The SMILES string of the molecule is COc1ccc(C(=O)c2ccc(Cn3cnc(Cl)c3Cl)o2)cc1.O=S1(=O)NN1. The quantitative estimate of drug-likeness (QED) is 0.457. The second kappa shape index (κ2) is 8.33. The largest absolute Gasteiger partial charge is 0.497 e. The molecule has 12 heteroatoms. The van der Waals surface area contributed by atoms with E-state index in [1.165, 1.54) is 6.33 Å². The van der Waals surface area contributed by atoms with Gasteiger partial charge < -0.3 is 13.7 Å². The standard InChI is InChI=1S/C16H12Cl2N2O3.H2N2O2S/c1-22-11-4-2-10(3-5-11)14(21)13-7-6-12(23-13)8-20-9-19-15(17)16(20)18;3-5(4)1-2-5/h2-7,9H,8H2,1H3;1-2H. The Hall–Kier alpha value is -2.37. The van der Waals surface area contributed by atoms with Gasteiger partial charge in [0, 0.05) is 5.56 Å². The van der Waals surface area contributed by atoms with Gasteiger partial charge in [-0.2, -0.15) is 8.42 Å². The van der Waals surface area contributed by atoms with Gasteiger partial charge in [-0.15, -0.1) is 9.66 Å². The zero-order valence-corrected chi connectivity index (χ0v) is 16.7. The summed E-state index contributed by atoms with van der Waals surface area (Å²) in [5.74, 6) is 1.33. The molecular weight excluding hydrogens is 431 g/mol. The fourth-order valence-electron chi connectivity index (χ4n) is 2.12. The average Bonchev–Trinajstić information content (AvgIpc) is 3.06. The molecule has 4 rings (SSSR count). The van der Waals surface area contributed by atoms with Crippen LogP contribution in [-0.2, 0) is 16.8 Å². The van der Waals surface area contributed by atoms with E-state index in [1.807, 2.05) is 9.66 Å². The lowest BCUT2D eigenvalue weighted by atomic mass is 10.1. The number of ether oxygens (including phenoxy) is 1. The van der Waals surface area contributed by atoms with Crippen molar-refractivity contribution in [3.63, 3.8) is 0 Å². The number of nitrogens with zero attached hydrogens (tertiary/aromatic N) is 2. The number of aromatic nitrogens is 2. The lowest BCUT2D eigenvalue weighted by Gasteiger charge is -2.02. The topological polar surface area (TPSA) is 135 Å². The minimum Gasteiger partial charge on any atom is -0.497 e. The molecule has 0 saturated carbocycles. The molecule has 2 N–H and O–H groups in total. The first-order valence-corrected chi connectivity index (χ1v) is 9.95. The summed E-state index contributed by atoms with van der Waals surface area (Å²) in [6, 6.07) is 10.2. The molecular formula is C16H14Cl2N4O5S. The summed E-state index contributed by atoms with van der Waals surface area (Å²) in [7, 11) is -1.34. The molecule has 1 aliphatic rings. The number of rotatable bonds is 5. The minimum absolute atomic E-state index is 0.200. The third-order valence-electron chi connectivity index (χ3n) is 3.57. The second-order valence-electron chi connectivity index (χ2n) is 5.49. The first-order valence-electron chi connectivity index (χ1n) is 7.71. The van der Waals surface area contributed by atoms with Crippen LogP contribution in [0.25, 0.3) is 0 Å². The van der Waals surface area contributed by atoms with E-state index in [4.69, 9.17) is 32.4 Å². The molecule has 2 aromatic heterocycles. The average molecular weight is 445 g/mol. The van der Waals surface area contributed by atoms with Gasteiger partial charge in [-0.05, 0) is 36.4 Å². The summed E-state index contributed by atoms with van der Waals surface area (Å²) < 4.78 is 31.3. The van der Waals surface area contributed by atoms with Gasteiger partial charge in [-0.25, -0.2) is 4.98 Å². The van der Waals surface area contributed by atoms with Crippen LogP contribution in [0, 0.1) is 0 Å². The van der Waals surface area contributed by atoms with Crippen LogP contribution >= 0.6 is 23.2 Å². The van der Waals surface area contributed by atoms with Gasteiger partial charge in [0.05, 0.1) is 20.0 Å². The van der Waals surface area contributed by atoms with E-state index < -0.39 is 10.2 Å². The van der Waals surface area contributed by atoms with Crippen molar-refractivity contribution in [3.8, 4) is 5.75 Å². The molecule has 3 heterocycles. The van der Waals surface area contributed by atoms with Gasteiger partial charge in [-0.3, -0.25) is 4.79 Å². The van der Waals surface area contributed by atoms with Gasteiger partial charge in [0.15, 0.2) is 10.9 Å². The summed E-state index contributed by atoms with van der Waals surface area (Å²) in [6.45, 7) is 0.342. The molecule has 9 nitrogen and oxygen atoms in total.